The van der Waals surface area contributed by atoms with E-state index in [0.29, 0.717) is 22.4 Å². The number of nitriles is 1. The first kappa shape index (κ1) is 19.0. The number of anilines is 1. The van der Waals surface area contributed by atoms with Gasteiger partial charge in [0.25, 0.3) is 5.91 Å². The predicted octanol–water partition coefficient (Wildman–Crippen LogP) is 4.69. The maximum atomic E-state index is 13.2. The molecule has 3 aromatic carbocycles. The molecule has 0 radical (unpaired) electrons. The van der Waals surface area contributed by atoms with Crippen molar-refractivity contribution in [1.82, 2.24) is 4.90 Å². The van der Waals surface area contributed by atoms with E-state index >= 15 is 0 Å². The summed E-state index contributed by atoms with van der Waals surface area (Å²) in [5, 5.41) is 10.5. The smallest absolute Gasteiger partial charge is 0.294 e. The Bertz CT molecular complexity index is 1110. The summed E-state index contributed by atoms with van der Waals surface area (Å²) in [5.74, 6) is -0.302. The average Bonchev–Trinajstić information content (AvgIpc) is 2.95. The fourth-order valence-corrected chi connectivity index (χ4v) is 3.67. The lowest BCUT2D eigenvalue weighted by Crippen LogP contribution is -2.43. The highest BCUT2D eigenvalue weighted by molar-refractivity contribution is 6.24. The third kappa shape index (κ3) is 3.80. The molecule has 0 spiro atoms. The molecule has 4 rings (SSSR count). The molecular weight excluding hydrogens is 379 g/mol. The molecule has 0 atom stereocenters. The van der Waals surface area contributed by atoms with E-state index in [2.05, 4.69) is 0 Å². The Morgan fingerprint density at radius 3 is 2.34 bits per heavy atom. The second-order valence-electron chi connectivity index (χ2n) is 6.97. The summed E-state index contributed by atoms with van der Waals surface area (Å²) in [6.07, 6.45) is -4.41. The number of rotatable bonds is 5. The maximum absolute atomic E-state index is 13.2. The van der Waals surface area contributed by atoms with Gasteiger partial charge in [0, 0.05) is 17.5 Å². The van der Waals surface area contributed by atoms with Gasteiger partial charge in [-0.05, 0) is 35.2 Å². The van der Waals surface area contributed by atoms with E-state index in [4.69, 9.17) is 5.26 Å². The summed E-state index contributed by atoms with van der Waals surface area (Å²) >= 11 is 0. The van der Waals surface area contributed by atoms with Crippen LogP contribution in [0.5, 0.6) is 0 Å². The molecule has 0 unspecified atom stereocenters. The molecule has 0 aromatic heterocycles. The van der Waals surface area contributed by atoms with Crippen molar-refractivity contribution < 1.29 is 18.0 Å². The Hall–Kier alpha value is -3.37. The van der Waals surface area contributed by atoms with Crippen LogP contribution in [0.1, 0.15) is 21.5 Å². The van der Waals surface area contributed by atoms with Crippen molar-refractivity contribution in [3.8, 4) is 6.07 Å². The first-order valence-corrected chi connectivity index (χ1v) is 8.97. The third-order valence-corrected chi connectivity index (χ3v) is 4.88. The number of hydrogen-bond acceptors (Lipinski definition) is 3. The van der Waals surface area contributed by atoms with Gasteiger partial charge in [-0.1, -0.05) is 36.4 Å². The highest BCUT2D eigenvalue weighted by Crippen LogP contribution is 2.37. The van der Waals surface area contributed by atoms with Crippen molar-refractivity contribution in [2.24, 2.45) is 0 Å². The quantitative estimate of drug-likeness (QED) is 0.630. The molecule has 4 nitrogen and oxygen atoms in total. The highest BCUT2D eigenvalue weighted by atomic mass is 19.4. The summed E-state index contributed by atoms with van der Waals surface area (Å²) in [7, 11) is 0. The lowest BCUT2D eigenvalue weighted by molar-refractivity contribution is -0.146. The second kappa shape index (κ2) is 7.22. The van der Waals surface area contributed by atoms with E-state index in [-0.39, 0.29) is 19.1 Å². The molecule has 0 saturated carbocycles. The minimum Gasteiger partial charge on any atom is -0.294 e. The number of halogens is 3. The van der Waals surface area contributed by atoms with Crippen molar-refractivity contribution >= 4 is 22.4 Å². The van der Waals surface area contributed by atoms with Gasteiger partial charge in [-0.3, -0.25) is 14.6 Å². The van der Waals surface area contributed by atoms with Crippen molar-refractivity contribution in [2.75, 3.05) is 18.1 Å². The molecule has 1 aliphatic heterocycles. The zero-order chi connectivity index (χ0) is 20.6. The van der Waals surface area contributed by atoms with Gasteiger partial charge in [0.05, 0.1) is 30.5 Å². The molecule has 0 bridgehead atoms. The molecule has 0 aliphatic carbocycles. The number of amides is 1. The zero-order valence-corrected chi connectivity index (χ0v) is 15.3. The van der Waals surface area contributed by atoms with Gasteiger partial charge in [-0.2, -0.15) is 18.4 Å². The summed E-state index contributed by atoms with van der Waals surface area (Å²) < 4.78 is 39.6. The molecule has 29 heavy (non-hydrogen) atoms. The van der Waals surface area contributed by atoms with E-state index in [1.54, 1.807) is 48.5 Å². The number of hydrogen-bond donors (Lipinski definition) is 0. The van der Waals surface area contributed by atoms with Crippen LogP contribution < -0.4 is 4.90 Å². The lowest BCUT2D eigenvalue weighted by atomic mass is 10.1. The Morgan fingerprint density at radius 1 is 1.00 bits per heavy atom. The number of alkyl halides is 3. The normalized spacial score (nSPS) is 13.3. The molecule has 0 saturated heterocycles. The van der Waals surface area contributed by atoms with Crippen LogP contribution in [0, 0.1) is 11.3 Å². The standard InChI is InChI=1S/C22H16F3N3O/c23-22(24,25)13-27(12-16-9-7-15(11-26)8-10-16)14-28-19-6-2-4-17-3-1-5-18(20(17)19)21(28)29/h1-10H,12-14H2. The Morgan fingerprint density at radius 2 is 1.69 bits per heavy atom. The molecule has 146 valence electrons. The average molecular weight is 395 g/mol. The van der Waals surface area contributed by atoms with Gasteiger partial charge in [-0.25, -0.2) is 0 Å². The maximum Gasteiger partial charge on any atom is 0.401 e. The predicted molar refractivity (Wildman–Crippen MR) is 103 cm³/mol. The van der Waals surface area contributed by atoms with Crippen molar-refractivity contribution in [3.05, 3.63) is 77.4 Å². The summed E-state index contributed by atoms with van der Waals surface area (Å²) in [5.41, 5.74) is 2.20. The van der Waals surface area contributed by atoms with Crippen LogP contribution in [0.4, 0.5) is 18.9 Å². The number of benzene rings is 3. The van der Waals surface area contributed by atoms with E-state index < -0.39 is 12.7 Å². The Balaban J connectivity index is 1.63. The van der Waals surface area contributed by atoms with Crippen LogP contribution in [0.2, 0.25) is 0 Å². The molecule has 1 heterocycles. The van der Waals surface area contributed by atoms with Crippen LogP contribution in [-0.4, -0.2) is 30.2 Å². The number of nitrogens with zero attached hydrogens (tertiary/aromatic N) is 3. The monoisotopic (exact) mass is 395 g/mol. The second-order valence-corrected chi connectivity index (χ2v) is 6.97. The van der Waals surface area contributed by atoms with E-state index in [0.717, 1.165) is 10.8 Å². The molecule has 0 N–H and O–H groups in total. The summed E-state index contributed by atoms with van der Waals surface area (Å²) in [6, 6.07) is 19.2. The first-order valence-electron chi connectivity index (χ1n) is 8.97. The van der Waals surface area contributed by atoms with Crippen LogP contribution >= 0.6 is 0 Å². The van der Waals surface area contributed by atoms with Crippen LogP contribution in [0.25, 0.3) is 10.8 Å². The SMILES string of the molecule is N#Cc1ccc(CN(CN2C(=O)c3cccc4cccc2c34)CC(F)(F)F)cc1. The van der Waals surface area contributed by atoms with Gasteiger partial charge in [0.15, 0.2) is 0 Å². The lowest BCUT2D eigenvalue weighted by Gasteiger charge is -2.29. The first-order chi connectivity index (χ1) is 13.9. The van der Waals surface area contributed by atoms with Crippen molar-refractivity contribution in [3.63, 3.8) is 0 Å². The molecular formula is C22H16F3N3O. The van der Waals surface area contributed by atoms with Crippen molar-refractivity contribution in [1.29, 1.82) is 5.26 Å². The Labute approximate surface area is 165 Å². The fourth-order valence-electron chi connectivity index (χ4n) is 3.67. The van der Waals surface area contributed by atoms with E-state index in [1.165, 1.54) is 9.80 Å². The third-order valence-electron chi connectivity index (χ3n) is 4.88. The minimum atomic E-state index is -4.41. The van der Waals surface area contributed by atoms with Gasteiger partial charge in [0.1, 0.15) is 0 Å². The minimum absolute atomic E-state index is 0.00131. The van der Waals surface area contributed by atoms with E-state index in [1.807, 2.05) is 18.2 Å². The fraction of sp³-hybridized carbons (Fsp3) is 0.182. The van der Waals surface area contributed by atoms with Crippen LogP contribution in [0.15, 0.2) is 60.7 Å². The molecule has 0 fully saturated rings. The number of carbonyl (C=O) groups excluding carboxylic acids is 1. The van der Waals surface area contributed by atoms with Crippen molar-refractivity contribution in [2.45, 2.75) is 12.7 Å². The van der Waals surface area contributed by atoms with Crippen LogP contribution in [0.3, 0.4) is 0 Å². The zero-order valence-electron chi connectivity index (χ0n) is 15.3. The van der Waals surface area contributed by atoms with Gasteiger partial charge in [0.2, 0.25) is 0 Å². The van der Waals surface area contributed by atoms with Gasteiger partial charge in [-0.15, -0.1) is 0 Å². The topological polar surface area (TPSA) is 47.3 Å². The van der Waals surface area contributed by atoms with Gasteiger partial charge < -0.3 is 0 Å². The molecule has 3 aromatic rings. The largest absolute Gasteiger partial charge is 0.401 e. The van der Waals surface area contributed by atoms with Gasteiger partial charge >= 0.3 is 6.18 Å². The molecule has 7 heteroatoms. The molecule has 1 aliphatic rings. The highest BCUT2D eigenvalue weighted by Gasteiger charge is 2.35. The van der Waals surface area contributed by atoms with E-state index in [9.17, 15) is 18.0 Å². The molecule has 1 amide bonds. The van der Waals surface area contributed by atoms with Crippen LogP contribution in [-0.2, 0) is 6.54 Å². The summed E-state index contributed by atoms with van der Waals surface area (Å²) in [4.78, 5) is 15.5. The Kier molecular flexibility index (Phi) is 4.73. The number of carbonyl (C=O) groups is 1. The summed E-state index contributed by atoms with van der Waals surface area (Å²) in [6.45, 7) is -1.34.